The van der Waals surface area contributed by atoms with Crippen molar-refractivity contribution in [2.24, 2.45) is 0 Å². The molecule has 0 saturated heterocycles. The number of urea groups is 1. The first kappa shape index (κ1) is 12.0. The molecule has 0 aliphatic carbocycles. The van der Waals surface area contributed by atoms with Crippen molar-refractivity contribution in [3.05, 3.63) is 18.9 Å². The largest absolute Gasteiger partial charge is 0.436 e. The first-order chi connectivity index (χ1) is 7.29. The predicted octanol–water partition coefficient (Wildman–Crippen LogP) is 1.18. The zero-order valence-corrected chi connectivity index (χ0v) is 7.59. The Labute approximate surface area is 86.8 Å². The van der Waals surface area contributed by atoms with Crippen LogP contribution < -0.4 is 10.6 Å². The average Bonchev–Trinajstić information content (AvgIpc) is 2.49. The van der Waals surface area contributed by atoms with E-state index in [1.807, 2.05) is 0 Å². The Bertz CT molecular complexity index is 412. The Morgan fingerprint density at radius 2 is 2.06 bits per heavy atom. The Kier molecular flexibility index (Phi) is 3.16. The van der Waals surface area contributed by atoms with Crippen LogP contribution >= 0.6 is 0 Å². The molecular formula is C7H5F3N3O3. The van der Waals surface area contributed by atoms with E-state index in [-0.39, 0.29) is 0 Å². The summed E-state index contributed by atoms with van der Waals surface area (Å²) in [4.78, 5) is 24.0. The third-order valence-corrected chi connectivity index (χ3v) is 1.27. The first-order valence-electron chi connectivity index (χ1n) is 3.75. The molecular weight excluding hydrogens is 231 g/mol. The topological polar surface area (TPSA) is 84.2 Å². The van der Waals surface area contributed by atoms with Gasteiger partial charge in [0.25, 0.3) is 0 Å². The van der Waals surface area contributed by atoms with Crippen LogP contribution in [0.25, 0.3) is 0 Å². The molecule has 0 aromatic carbocycles. The monoisotopic (exact) mass is 236 g/mol. The Morgan fingerprint density at radius 1 is 1.44 bits per heavy atom. The summed E-state index contributed by atoms with van der Waals surface area (Å²) in [5.41, 5.74) is -1.29. The number of amides is 3. The van der Waals surface area contributed by atoms with Gasteiger partial charge in [0.1, 0.15) is 6.26 Å². The minimum absolute atomic E-state index is 0.335. The minimum atomic E-state index is -4.66. The van der Waals surface area contributed by atoms with Crippen molar-refractivity contribution >= 4 is 18.0 Å². The first-order valence-corrected chi connectivity index (χ1v) is 3.75. The molecule has 0 spiro atoms. The summed E-state index contributed by atoms with van der Waals surface area (Å²) in [5.74, 6) is -0.917. The fourth-order valence-electron chi connectivity index (χ4n) is 0.716. The van der Waals surface area contributed by atoms with E-state index < -0.39 is 29.8 Å². The zero-order chi connectivity index (χ0) is 12.3. The second-order valence-electron chi connectivity index (χ2n) is 2.54. The lowest BCUT2D eigenvalue weighted by atomic mass is 10.5. The number of rotatable bonds is 1. The number of aromatic nitrogens is 1. The molecule has 0 aliphatic rings. The number of halogens is 3. The van der Waals surface area contributed by atoms with Gasteiger partial charge in [0.15, 0.2) is 5.69 Å². The lowest BCUT2D eigenvalue weighted by Gasteiger charge is -2.00. The number of nitrogens with one attached hydrogen (secondary N) is 2. The maximum atomic E-state index is 12.0. The molecule has 0 aliphatic heterocycles. The number of imide groups is 1. The number of nitrogens with zero attached hydrogens (tertiary/aromatic N) is 1. The molecule has 9 heteroatoms. The smallest absolute Gasteiger partial charge is 0.431 e. The van der Waals surface area contributed by atoms with Crippen LogP contribution in [0.4, 0.5) is 24.0 Å². The summed E-state index contributed by atoms with van der Waals surface area (Å²) in [6.45, 7) is 2.82. The molecule has 87 valence electrons. The van der Waals surface area contributed by atoms with E-state index in [9.17, 15) is 22.8 Å². The molecule has 1 aromatic rings. The van der Waals surface area contributed by atoms with E-state index in [4.69, 9.17) is 0 Å². The highest BCUT2D eigenvalue weighted by molar-refractivity contribution is 6.01. The molecule has 1 aromatic heterocycles. The fraction of sp³-hybridized carbons (Fsp3) is 0.143. The molecule has 0 fully saturated rings. The summed E-state index contributed by atoms with van der Waals surface area (Å²) in [6.07, 6.45) is -4.33. The number of hydrogen-bond donors (Lipinski definition) is 2. The Morgan fingerprint density at radius 3 is 2.50 bits per heavy atom. The van der Waals surface area contributed by atoms with E-state index in [2.05, 4.69) is 16.3 Å². The summed E-state index contributed by atoms with van der Waals surface area (Å²) in [6, 6.07) is -1.76. The van der Waals surface area contributed by atoms with Gasteiger partial charge in [-0.1, -0.05) is 0 Å². The number of alkyl halides is 3. The highest BCUT2D eigenvalue weighted by Crippen LogP contribution is 2.29. The number of carbonyl (C=O) groups is 2. The summed E-state index contributed by atoms with van der Waals surface area (Å²) in [5, 5.41) is 3.44. The molecule has 16 heavy (non-hydrogen) atoms. The third-order valence-electron chi connectivity index (χ3n) is 1.27. The van der Waals surface area contributed by atoms with Crippen LogP contribution in [0, 0.1) is 6.92 Å². The maximum Gasteiger partial charge on any atom is 0.436 e. The molecule has 6 nitrogen and oxygen atoms in total. The van der Waals surface area contributed by atoms with Crippen molar-refractivity contribution in [1.82, 2.24) is 10.3 Å². The van der Waals surface area contributed by atoms with Crippen LogP contribution in [0.3, 0.4) is 0 Å². The second-order valence-corrected chi connectivity index (χ2v) is 2.54. The average molecular weight is 236 g/mol. The summed E-state index contributed by atoms with van der Waals surface area (Å²) < 4.78 is 40.4. The van der Waals surface area contributed by atoms with E-state index in [1.54, 1.807) is 10.6 Å². The van der Waals surface area contributed by atoms with Crippen molar-refractivity contribution in [1.29, 1.82) is 0 Å². The zero-order valence-electron chi connectivity index (χ0n) is 7.59. The van der Waals surface area contributed by atoms with Crippen molar-refractivity contribution in [2.45, 2.75) is 6.18 Å². The number of anilines is 1. The number of oxazole rings is 1. The molecule has 1 rings (SSSR count). The Hall–Kier alpha value is -2.06. The van der Waals surface area contributed by atoms with Gasteiger partial charge in [-0.05, 0) is 0 Å². The molecule has 1 heterocycles. The summed E-state index contributed by atoms with van der Waals surface area (Å²) in [7, 11) is 0. The molecule has 2 N–H and O–H groups in total. The quantitative estimate of drug-likeness (QED) is 0.766. The second kappa shape index (κ2) is 4.21. The normalized spacial score (nSPS) is 11.0. The molecule has 1 radical (unpaired) electrons. The summed E-state index contributed by atoms with van der Waals surface area (Å²) >= 11 is 0. The fourth-order valence-corrected chi connectivity index (χ4v) is 0.716. The van der Waals surface area contributed by atoms with Gasteiger partial charge < -0.3 is 4.42 Å². The maximum absolute atomic E-state index is 12.0. The lowest BCUT2D eigenvalue weighted by Crippen LogP contribution is -2.32. The highest BCUT2D eigenvalue weighted by Gasteiger charge is 2.35. The van der Waals surface area contributed by atoms with E-state index in [0.717, 1.165) is 0 Å². The van der Waals surface area contributed by atoms with Crippen LogP contribution in [0.15, 0.2) is 10.7 Å². The van der Waals surface area contributed by atoms with Crippen LogP contribution in [0.1, 0.15) is 5.69 Å². The SMILES string of the molecule is [CH2]C(=O)NC(=O)Nc1nc(C(F)(F)F)co1. The van der Waals surface area contributed by atoms with Crippen LogP contribution in [0.2, 0.25) is 0 Å². The van der Waals surface area contributed by atoms with Gasteiger partial charge in [-0.2, -0.15) is 18.2 Å². The van der Waals surface area contributed by atoms with Gasteiger partial charge in [0.2, 0.25) is 5.91 Å². The molecule has 3 amide bonds. The van der Waals surface area contributed by atoms with Crippen molar-refractivity contribution in [2.75, 3.05) is 5.32 Å². The number of hydrogen-bond acceptors (Lipinski definition) is 4. The van der Waals surface area contributed by atoms with Gasteiger partial charge in [-0.25, -0.2) is 4.79 Å². The number of carbonyl (C=O) groups excluding carboxylic acids is 2. The lowest BCUT2D eigenvalue weighted by molar-refractivity contribution is -0.141. The molecule has 0 unspecified atom stereocenters. The van der Waals surface area contributed by atoms with E-state index >= 15 is 0 Å². The standard InChI is InChI=1S/C7H5F3N3O3/c1-3(14)11-5(15)13-6-12-4(2-16-6)7(8,9)10/h2H,1H2,(H2,11,12,13,14,15). The Balaban J connectivity index is 2.66. The minimum Gasteiger partial charge on any atom is -0.431 e. The van der Waals surface area contributed by atoms with E-state index in [0.29, 0.717) is 6.26 Å². The van der Waals surface area contributed by atoms with Crippen molar-refractivity contribution in [3.63, 3.8) is 0 Å². The van der Waals surface area contributed by atoms with Crippen molar-refractivity contribution in [3.8, 4) is 0 Å². The molecule has 0 bridgehead atoms. The molecule has 0 atom stereocenters. The van der Waals surface area contributed by atoms with Gasteiger partial charge in [0.05, 0.1) is 0 Å². The van der Waals surface area contributed by atoms with Gasteiger partial charge in [-0.15, -0.1) is 0 Å². The highest BCUT2D eigenvalue weighted by atomic mass is 19.4. The van der Waals surface area contributed by atoms with Gasteiger partial charge in [-0.3, -0.25) is 15.4 Å². The third kappa shape index (κ3) is 3.26. The van der Waals surface area contributed by atoms with Crippen LogP contribution in [-0.2, 0) is 11.0 Å². The van der Waals surface area contributed by atoms with Crippen LogP contribution in [-0.4, -0.2) is 16.9 Å². The predicted molar refractivity (Wildman–Crippen MR) is 44.0 cm³/mol. The van der Waals surface area contributed by atoms with Crippen LogP contribution in [0.5, 0.6) is 0 Å². The van der Waals surface area contributed by atoms with Crippen molar-refractivity contribution < 1.29 is 27.2 Å². The van der Waals surface area contributed by atoms with E-state index in [1.165, 1.54) is 0 Å². The van der Waals surface area contributed by atoms with Gasteiger partial charge >= 0.3 is 18.2 Å². The van der Waals surface area contributed by atoms with Gasteiger partial charge in [0, 0.05) is 6.92 Å². The molecule has 0 saturated carbocycles.